The minimum absolute atomic E-state index is 0.00282. The molecule has 2 aromatic rings. The molecule has 0 fully saturated rings. The topological polar surface area (TPSA) is 65.8 Å². The number of hydrogen-bond donors (Lipinski definition) is 2. The number of benzene rings is 2. The van der Waals surface area contributed by atoms with Crippen LogP contribution in [0.15, 0.2) is 64.7 Å². The predicted octanol–water partition coefficient (Wildman–Crippen LogP) is 3.61. The summed E-state index contributed by atoms with van der Waals surface area (Å²) in [6.45, 7) is 3.50. The van der Waals surface area contributed by atoms with Gasteiger partial charge in [0.1, 0.15) is 0 Å². The largest absolute Gasteiger partial charge is 0.350 e. The highest BCUT2D eigenvalue weighted by Gasteiger charge is 2.14. The average Bonchev–Trinajstić information content (AvgIpc) is 2.63. The van der Waals surface area contributed by atoms with Gasteiger partial charge < -0.3 is 5.32 Å². The molecule has 6 heteroatoms. The fourth-order valence-corrected chi connectivity index (χ4v) is 3.28. The molecular formula is C19H20N4OS. The van der Waals surface area contributed by atoms with E-state index >= 15 is 0 Å². The molecule has 128 valence electrons. The highest BCUT2D eigenvalue weighted by atomic mass is 32.2. The van der Waals surface area contributed by atoms with Crippen molar-refractivity contribution in [3.8, 4) is 0 Å². The molecule has 1 heterocycles. The number of aliphatic imine (C=N–C) groups is 1. The molecule has 25 heavy (non-hydrogen) atoms. The smallest absolute Gasteiger partial charge is 0.217 e. The van der Waals surface area contributed by atoms with Crippen molar-refractivity contribution in [2.75, 3.05) is 5.75 Å². The monoisotopic (exact) mass is 352 g/mol. The summed E-state index contributed by atoms with van der Waals surface area (Å²) >= 11 is 1.63. The van der Waals surface area contributed by atoms with Crippen molar-refractivity contribution in [3.63, 3.8) is 0 Å². The van der Waals surface area contributed by atoms with Gasteiger partial charge in [0.05, 0.1) is 17.4 Å². The van der Waals surface area contributed by atoms with Crippen molar-refractivity contribution in [2.24, 2.45) is 10.1 Å². The molecule has 2 aromatic carbocycles. The number of amidine groups is 1. The van der Waals surface area contributed by atoms with Crippen LogP contribution in [0.3, 0.4) is 0 Å². The van der Waals surface area contributed by atoms with Crippen molar-refractivity contribution < 1.29 is 4.79 Å². The molecule has 0 saturated heterocycles. The molecule has 1 aliphatic rings. The van der Waals surface area contributed by atoms with E-state index in [1.807, 2.05) is 61.5 Å². The third-order valence-corrected chi connectivity index (χ3v) is 4.66. The van der Waals surface area contributed by atoms with Crippen molar-refractivity contribution >= 4 is 34.2 Å². The molecule has 0 saturated carbocycles. The maximum Gasteiger partial charge on any atom is 0.217 e. The lowest BCUT2D eigenvalue weighted by Gasteiger charge is -2.16. The first-order valence-corrected chi connectivity index (χ1v) is 9.07. The molecule has 1 amide bonds. The van der Waals surface area contributed by atoms with Crippen LogP contribution >= 0.6 is 11.8 Å². The van der Waals surface area contributed by atoms with E-state index < -0.39 is 0 Å². The number of carbonyl (C=O) groups excluding carboxylic acids is 1. The minimum atomic E-state index is -0.0286. The minimum Gasteiger partial charge on any atom is -0.350 e. The van der Waals surface area contributed by atoms with Crippen LogP contribution in [0.25, 0.3) is 0 Å². The Morgan fingerprint density at radius 1 is 1.20 bits per heavy atom. The van der Waals surface area contributed by atoms with Crippen LogP contribution < -0.4 is 10.7 Å². The Morgan fingerprint density at radius 2 is 1.92 bits per heavy atom. The molecule has 0 radical (unpaired) electrons. The Kier molecular flexibility index (Phi) is 5.50. The number of carbonyl (C=O) groups is 1. The second-order valence-corrected chi connectivity index (χ2v) is 6.72. The van der Waals surface area contributed by atoms with Gasteiger partial charge in [0, 0.05) is 12.7 Å². The van der Waals surface area contributed by atoms with E-state index in [1.54, 1.807) is 11.8 Å². The van der Waals surface area contributed by atoms with E-state index in [2.05, 4.69) is 20.8 Å². The summed E-state index contributed by atoms with van der Waals surface area (Å²) in [7, 11) is 0. The number of para-hydroxylation sites is 1. The van der Waals surface area contributed by atoms with Gasteiger partial charge in [0.15, 0.2) is 5.17 Å². The predicted molar refractivity (Wildman–Crippen MR) is 104 cm³/mol. The molecule has 5 nitrogen and oxygen atoms in total. The van der Waals surface area contributed by atoms with Crippen LogP contribution in [0.5, 0.6) is 0 Å². The zero-order valence-electron chi connectivity index (χ0n) is 14.2. The van der Waals surface area contributed by atoms with Gasteiger partial charge in [-0.25, -0.2) is 4.99 Å². The van der Waals surface area contributed by atoms with Gasteiger partial charge in [-0.2, -0.15) is 5.10 Å². The van der Waals surface area contributed by atoms with E-state index in [0.29, 0.717) is 0 Å². The van der Waals surface area contributed by atoms with Crippen LogP contribution in [-0.4, -0.2) is 22.5 Å². The number of rotatable bonds is 4. The van der Waals surface area contributed by atoms with E-state index in [-0.39, 0.29) is 11.9 Å². The lowest BCUT2D eigenvalue weighted by atomic mass is 10.0. The molecule has 0 aliphatic carbocycles. The molecule has 1 atom stereocenters. The van der Waals surface area contributed by atoms with Gasteiger partial charge >= 0.3 is 0 Å². The molecule has 2 N–H and O–H groups in total. The summed E-state index contributed by atoms with van der Waals surface area (Å²) in [6, 6.07) is 17.9. The van der Waals surface area contributed by atoms with Crippen molar-refractivity contribution in [3.05, 3.63) is 65.7 Å². The molecule has 3 rings (SSSR count). The first-order chi connectivity index (χ1) is 12.1. The standard InChI is InChI=1S/C19H20N4OS/c1-13(20-14(2)24)15-8-10-16(11-9-15)18-12-25-19(23-22-18)21-17-6-4-3-5-7-17/h3-11,13H,12H2,1-2H3,(H,20,24)(H,21,23). The van der Waals surface area contributed by atoms with Crippen LogP contribution in [0.1, 0.15) is 31.0 Å². The Labute approximate surface area is 151 Å². The van der Waals surface area contributed by atoms with Gasteiger partial charge in [0.25, 0.3) is 0 Å². The number of thioether (sulfide) groups is 1. The van der Waals surface area contributed by atoms with Gasteiger partial charge in [0.2, 0.25) is 5.91 Å². The first-order valence-electron chi connectivity index (χ1n) is 8.08. The van der Waals surface area contributed by atoms with E-state index in [1.165, 1.54) is 6.92 Å². The zero-order valence-corrected chi connectivity index (χ0v) is 15.0. The Bertz CT molecular complexity index is 800. The van der Waals surface area contributed by atoms with Crippen LogP contribution in [-0.2, 0) is 4.79 Å². The first kappa shape index (κ1) is 17.2. The molecule has 0 aromatic heterocycles. The number of hydrogen-bond acceptors (Lipinski definition) is 4. The fourth-order valence-electron chi connectivity index (χ4n) is 2.49. The SMILES string of the molecule is CC(=O)NC(C)c1ccc(C2=NNC(=Nc3ccccc3)SC2)cc1. The number of nitrogens with one attached hydrogen (secondary N) is 2. The summed E-state index contributed by atoms with van der Waals surface area (Å²) in [5.74, 6) is 0.735. The van der Waals surface area contributed by atoms with Crippen molar-refractivity contribution in [1.82, 2.24) is 10.7 Å². The quantitative estimate of drug-likeness (QED) is 0.883. The van der Waals surface area contributed by atoms with Gasteiger partial charge in [-0.15, -0.1) is 0 Å². The van der Waals surface area contributed by atoms with Gasteiger partial charge in [-0.1, -0.05) is 54.2 Å². The number of nitrogens with zero attached hydrogens (tertiary/aromatic N) is 2. The Balaban J connectivity index is 1.67. The van der Waals surface area contributed by atoms with Crippen LogP contribution in [0.4, 0.5) is 5.69 Å². The average molecular weight is 352 g/mol. The van der Waals surface area contributed by atoms with Gasteiger partial charge in [-0.3, -0.25) is 10.2 Å². The third kappa shape index (κ3) is 4.70. The summed E-state index contributed by atoms with van der Waals surface area (Å²) < 4.78 is 0. The number of amides is 1. The Morgan fingerprint density at radius 3 is 2.52 bits per heavy atom. The molecule has 0 bridgehead atoms. The maximum absolute atomic E-state index is 11.2. The summed E-state index contributed by atoms with van der Waals surface area (Å²) in [4.78, 5) is 15.7. The van der Waals surface area contributed by atoms with E-state index in [4.69, 9.17) is 0 Å². The molecule has 1 aliphatic heterocycles. The molecule has 0 spiro atoms. The van der Waals surface area contributed by atoms with Gasteiger partial charge in [-0.05, 0) is 30.2 Å². The van der Waals surface area contributed by atoms with Crippen molar-refractivity contribution in [1.29, 1.82) is 0 Å². The highest BCUT2D eigenvalue weighted by molar-refractivity contribution is 8.14. The summed E-state index contributed by atoms with van der Waals surface area (Å²) in [6.07, 6.45) is 0. The molecule has 1 unspecified atom stereocenters. The van der Waals surface area contributed by atoms with E-state index in [9.17, 15) is 4.79 Å². The normalized spacial score (nSPS) is 16.7. The highest BCUT2D eigenvalue weighted by Crippen LogP contribution is 2.19. The van der Waals surface area contributed by atoms with E-state index in [0.717, 1.165) is 33.4 Å². The van der Waals surface area contributed by atoms with Crippen LogP contribution in [0, 0.1) is 0 Å². The second kappa shape index (κ2) is 7.98. The zero-order chi connectivity index (χ0) is 17.6. The Hall–Kier alpha value is -2.60. The number of hydrazone groups is 1. The third-order valence-electron chi connectivity index (χ3n) is 3.78. The lowest BCUT2D eigenvalue weighted by molar-refractivity contribution is -0.119. The summed E-state index contributed by atoms with van der Waals surface area (Å²) in [5, 5.41) is 8.13. The lowest BCUT2D eigenvalue weighted by Crippen LogP contribution is -2.25. The fraction of sp³-hybridized carbons (Fsp3) is 0.211. The maximum atomic E-state index is 11.2. The van der Waals surface area contributed by atoms with Crippen LogP contribution in [0.2, 0.25) is 0 Å². The summed E-state index contributed by atoms with van der Waals surface area (Å²) in [5.41, 5.74) is 7.05. The molecular weight excluding hydrogens is 332 g/mol. The van der Waals surface area contributed by atoms with Crippen molar-refractivity contribution in [2.45, 2.75) is 19.9 Å². The second-order valence-electron chi connectivity index (χ2n) is 5.76.